The van der Waals surface area contributed by atoms with Crippen LogP contribution in [-0.4, -0.2) is 52.3 Å². The third-order valence-corrected chi connectivity index (χ3v) is 11.3. The van der Waals surface area contributed by atoms with E-state index in [9.17, 15) is 9.59 Å². The first-order chi connectivity index (χ1) is 33.4. The number of fused-ring (bicyclic) bond motifs is 2. The van der Waals surface area contributed by atoms with Gasteiger partial charge < -0.3 is 34.1 Å². The van der Waals surface area contributed by atoms with Crippen LogP contribution in [0.1, 0.15) is 81.3 Å². The van der Waals surface area contributed by atoms with E-state index in [1.165, 1.54) is 18.3 Å². The molecule has 13 nitrogen and oxygen atoms in total. The number of rotatable bonds is 9. The average molecular weight is 1030 g/mol. The van der Waals surface area contributed by atoms with Crippen LogP contribution in [0.4, 0.5) is 0 Å². The van der Waals surface area contributed by atoms with Gasteiger partial charge in [-0.2, -0.15) is 9.97 Å². The number of nitrogens with zero attached hydrogens (tertiary/aromatic N) is 4. The van der Waals surface area contributed by atoms with Crippen LogP contribution >= 0.6 is 46.4 Å². The quantitative estimate of drug-likeness (QED) is 0.103. The molecule has 10 rings (SSSR count). The topological polar surface area (TPSA) is 186 Å². The Morgan fingerprint density at radius 3 is 1.44 bits per heavy atom. The van der Waals surface area contributed by atoms with E-state index in [0.717, 1.165) is 16.7 Å². The van der Waals surface area contributed by atoms with Crippen molar-refractivity contribution in [3.05, 3.63) is 211 Å². The number of benzene rings is 6. The minimum atomic E-state index is -1.00. The van der Waals surface area contributed by atoms with Crippen LogP contribution in [0.15, 0.2) is 155 Å². The van der Waals surface area contributed by atoms with Gasteiger partial charge in [-0.3, -0.25) is 0 Å². The largest absolute Gasteiger partial charge is 0.479 e. The number of esters is 1. The molecule has 8 aromatic rings. The van der Waals surface area contributed by atoms with Crippen molar-refractivity contribution in [2.24, 2.45) is 5.73 Å². The molecule has 2 atom stereocenters. The van der Waals surface area contributed by atoms with Gasteiger partial charge in [0.15, 0.2) is 12.2 Å². The van der Waals surface area contributed by atoms with Gasteiger partial charge in [-0.15, -0.1) is 0 Å². The van der Waals surface area contributed by atoms with Crippen LogP contribution in [0.2, 0.25) is 20.1 Å². The Bertz CT molecular complexity index is 3220. The third kappa shape index (κ3) is 12.1. The van der Waals surface area contributed by atoms with Gasteiger partial charge in [0.2, 0.25) is 11.6 Å². The van der Waals surface area contributed by atoms with Crippen molar-refractivity contribution in [3.63, 3.8) is 0 Å². The molecule has 18 heteroatoms. The van der Waals surface area contributed by atoms with E-state index in [0.29, 0.717) is 89.1 Å². The zero-order valence-electron chi connectivity index (χ0n) is 36.8. The molecule has 3 radical (unpaired) electrons. The summed E-state index contributed by atoms with van der Waals surface area (Å²) >= 11 is 25.2. The predicted octanol–water partition coefficient (Wildman–Crippen LogP) is 13.7. The van der Waals surface area contributed by atoms with Crippen molar-refractivity contribution in [3.8, 4) is 34.3 Å². The number of hydrogen-bond donors (Lipinski definition) is 2. The lowest BCUT2D eigenvalue weighted by Crippen LogP contribution is -2.14. The molecule has 2 unspecified atom stereocenters. The van der Waals surface area contributed by atoms with Gasteiger partial charge >= 0.3 is 11.9 Å². The molecule has 2 aromatic heterocycles. The van der Waals surface area contributed by atoms with Crippen molar-refractivity contribution < 1.29 is 38.0 Å². The predicted molar refractivity (Wildman–Crippen MR) is 278 cm³/mol. The Balaban J connectivity index is 0.000000215. The first-order valence-corrected chi connectivity index (χ1v) is 22.4. The summed E-state index contributed by atoms with van der Waals surface area (Å²) in [4.78, 5) is 32.1. The molecule has 0 saturated heterocycles. The number of carboxylic acids is 1. The summed E-state index contributed by atoms with van der Waals surface area (Å²) in [6, 6.07) is 39.2. The Morgan fingerprint density at radius 1 is 0.662 bits per heavy atom. The number of nitrogens with two attached hydrogens (primary N) is 1. The summed E-state index contributed by atoms with van der Waals surface area (Å²) in [6.07, 6.45) is 3.99. The fraction of sp³-hybridized carbons (Fsp3) is 0.0943. The molecule has 0 amide bonds. The van der Waals surface area contributed by atoms with Gasteiger partial charge in [0.1, 0.15) is 11.5 Å². The lowest BCUT2D eigenvalue weighted by molar-refractivity contribution is 0.0525. The number of ether oxygens (including phenoxy) is 3. The lowest BCUT2D eigenvalue weighted by Gasteiger charge is -2.27. The second kappa shape index (κ2) is 23.8. The minimum absolute atomic E-state index is 0. The van der Waals surface area contributed by atoms with Crippen molar-refractivity contribution in [1.29, 1.82) is 0 Å². The normalized spacial score (nSPS) is 13.9. The molecule has 0 fully saturated rings. The molecule has 2 aliphatic rings. The molecule has 0 saturated carbocycles. The zero-order chi connectivity index (χ0) is 48.6. The van der Waals surface area contributed by atoms with Gasteiger partial charge in [0.05, 0.1) is 38.9 Å². The standard InChI is InChI=1S/C26H18Cl2N2O4.C24H14Cl2N2O4.C2H5N.CH4.B/c1-2-32-26(31)17-10-8-16(9-11-17)24-29-25(34-30-24)20-13-18-12-19(27)14-21(28)23(18)33-22(20)15-6-4-3-5-7-15;25-17-10-16-11-18(20(13-4-2-1-3-5-13)31-21(16)19(26)12-17)23-27-22(28-32-23)14-6-8-15(9-7-14)24(29)30;1-2-3;;/h3-14,22H,2H2,1H3;1-12,20H,(H,29,30);2H,1,3H2;1H4;. The zero-order valence-corrected chi connectivity index (χ0v) is 39.8. The highest BCUT2D eigenvalue weighted by molar-refractivity contribution is 6.36. The number of aromatic nitrogens is 4. The molecule has 0 aliphatic carbocycles. The maximum Gasteiger partial charge on any atom is 0.338 e. The SMILES string of the molecule is C.C=CN.CCOC(=O)c1ccc(-c2noc(C3=Cc4cc(Cl)cc(Cl)c4OC3c3ccccc3)n2)cc1.O=C(O)c1ccc(-c2noc(C3=Cc4cc(Cl)cc(Cl)c4OC3c3ccccc3)n2)cc1.[B]. The van der Waals surface area contributed by atoms with Crippen LogP contribution in [-0.2, 0) is 4.74 Å². The van der Waals surface area contributed by atoms with Gasteiger partial charge in [0, 0.05) is 40.7 Å². The fourth-order valence-electron chi connectivity index (χ4n) is 7.22. The number of halogens is 4. The number of carbonyl (C=O) groups excluding carboxylic acids is 1. The van der Waals surface area contributed by atoms with Crippen LogP contribution in [0.25, 0.3) is 46.1 Å². The molecule has 2 aliphatic heterocycles. The first kappa shape index (κ1) is 52.8. The van der Waals surface area contributed by atoms with Crippen molar-refractivity contribution in [2.45, 2.75) is 26.6 Å². The van der Waals surface area contributed by atoms with E-state index in [2.05, 4.69) is 32.6 Å². The van der Waals surface area contributed by atoms with Crippen LogP contribution < -0.4 is 15.2 Å². The summed E-state index contributed by atoms with van der Waals surface area (Å²) in [6.45, 7) is 5.22. The van der Waals surface area contributed by atoms with Crippen molar-refractivity contribution in [1.82, 2.24) is 20.3 Å². The van der Waals surface area contributed by atoms with E-state index in [1.54, 1.807) is 67.6 Å². The molecule has 71 heavy (non-hydrogen) atoms. The van der Waals surface area contributed by atoms with Gasteiger partial charge in [-0.1, -0.05) is 156 Å². The summed E-state index contributed by atoms with van der Waals surface area (Å²) in [7, 11) is 0. The van der Waals surface area contributed by atoms with E-state index in [-0.39, 0.29) is 33.3 Å². The highest BCUT2D eigenvalue weighted by Crippen LogP contribution is 2.47. The van der Waals surface area contributed by atoms with Gasteiger partial charge in [0.25, 0.3) is 11.8 Å². The minimum Gasteiger partial charge on any atom is -0.479 e. The van der Waals surface area contributed by atoms with E-state index in [4.69, 9.17) is 74.8 Å². The summed E-state index contributed by atoms with van der Waals surface area (Å²) in [5.41, 5.74) is 11.1. The molecule has 4 heterocycles. The van der Waals surface area contributed by atoms with Crippen LogP contribution in [0.3, 0.4) is 0 Å². The Hall–Kier alpha value is -7.62. The smallest absolute Gasteiger partial charge is 0.338 e. The maximum atomic E-state index is 11.9. The number of carbonyl (C=O) groups is 2. The lowest BCUT2D eigenvalue weighted by atomic mass is 9.96. The summed E-state index contributed by atoms with van der Waals surface area (Å²) < 4.78 is 28.8. The first-order valence-electron chi connectivity index (χ1n) is 20.9. The van der Waals surface area contributed by atoms with E-state index >= 15 is 0 Å². The van der Waals surface area contributed by atoms with Gasteiger partial charge in [-0.25, -0.2) is 9.59 Å². The van der Waals surface area contributed by atoms with E-state index < -0.39 is 18.2 Å². The van der Waals surface area contributed by atoms with Gasteiger partial charge in [-0.05, 0) is 84.9 Å². The number of carboxylic acid groups (broad SMARTS) is 1. The highest BCUT2D eigenvalue weighted by atomic mass is 35.5. The number of aromatic carboxylic acids is 1. The van der Waals surface area contributed by atoms with Crippen molar-refractivity contribution >= 4 is 90.1 Å². The molecular weight excluding hydrogens is 987 g/mol. The summed E-state index contributed by atoms with van der Waals surface area (Å²) in [5, 5.41) is 19.1. The maximum absolute atomic E-state index is 11.9. The highest BCUT2D eigenvalue weighted by Gasteiger charge is 2.33. The average Bonchev–Trinajstić information content (AvgIpc) is 4.06. The Labute approximate surface area is 430 Å². The second-order valence-electron chi connectivity index (χ2n) is 14.9. The molecule has 357 valence electrons. The summed E-state index contributed by atoms with van der Waals surface area (Å²) in [5.74, 6) is 0.979. The molecule has 6 aromatic carbocycles. The molecular formula is C53H41BCl4N5O8. The molecule has 0 bridgehead atoms. The second-order valence-corrected chi connectivity index (χ2v) is 16.6. The van der Waals surface area contributed by atoms with E-state index in [1.807, 2.05) is 72.8 Å². The fourth-order valence-corrected chi connectivity index (χ4v) is 8.33. The molecule has 0 spiro atoms. The van der Waals surface area contributed by atoms with Crippen LogP contribution in [0.5, 0.6) is 11.5 Å². The van der Waals surface area contributed by atoms with Crippen molar-refractivity contribution in [2.75, 3.05) is 6.61 Å². The monoisotopic (exact) mass is 1030 g/mol. The Morgan fingerprint density at radius 2 is 1.06 bits per heavy atom. The number of hydrogen-bond acceptors (Lipinski definition) is 12. The van der Waals surface area contributed by atoms with Crippen LogP contribution in [0, 0.1) is 0 Å². The molecule has 3 N–H and O–H groups in total. The third-order valence-electron chi connectivity index (χ3n) is 10.3. The Kier molecular flexibility index (Phi) is 17.7.